The molecule has 1 aliphatic rings. The van der Waals surface area contributed by atoms with E-state index in [-0.39, 0.29) is 0 Å². The van der Waals surface area contributed by atoms with Gasteiger partial charge in [0.25, 0.3) is 0 Å². The van der Waals surface area contributed by atoms with Gasteiger partial charge in [-0.3, -0.25) is 0 Å². The molecule has 1 heterocycles. The Hall–Kier alpha value is -1.02. The highest BCUT2D eigenvalue weighted by molar-refractivity contribution is 5.38. The molecule has 0 spiro atoms. The summed E-state index contributed by atoms with van der Waals surface area (Å²) in [4.78, 5) is 1.73. The zero-order valence-corrected chi connectivity index (χ0v) is 10.4. The van der Waals surface area contributed by atoms with Crippen molar-refractivity contribution in [1.82, 2.24) is 0 Å². The third kappa shape index (κ3) is 2.56. The van der Waals surface area contributed by atoms with Crippen LogP contribution in [0.15, 0.2) is 24.3 Å². The van der Waals surface area contributed by atoms with Crippen molar-refractivity contribution in [1.29, 1.82) is 0 Å². The Labute approximate surface area is 98.4 Å². The van der Waals surface area contributed by atoms with E-state index in [1.165, 1.54) is 24.8 Å². The van der Waals surface area contributed by atoms with Crippen LogP contribution < -0.4 is 10.6 Å². The molecule has 1 aromatic rings. The minimum absolute atomic E-state index is 0.793. The highest BCUT2D eigenvalue weighted by Gasteiger charge is 2.28. The summed E-state index contributed by atoms with van der Waals surface area (Å²) in [5, 5.41) is 0. The van der Waals surface area contributed by atoms with Gasteiger partial charge in [-0.2, -0.15) is 0 Å². The van der Waals surface area contributed by atoms with Crippen LogP contribution in [-0.4, -0.2) is 12.1 Å². The Morgan fingerprint density at radius 3 is 2.25 bits per heavy atom. The molecule has 88 valence electrons. The molecule has 2 heteroatoms. The number of quaternary nitrogens is 1. The maximum absolute atomic E-state index is 5.71. The van der Waals surface area contributed by atoms with Gasteiger partial charge in [-0.05, 0) is 45.2 Å². The number of rotatable bonds is 2. The van der Waals surface area contributed by atoms with Crippen LogP contribution in [0.4, 0.5) is 5.69 Å². The molecule has 3 atom stereocenters. The number of nitrogens with two attached hydrogens (primary N) is 1. The number of benzene rings is 1. The maximum Gasteiger partial charge on any atom is 0.103 e. The molecule has 0 amide bonds. The zero-order valence-electron chi connectivity index (χ0n) is 10.4. The SMILES string of the molecule is C[C@@H]1CCC[C@H](C)[NH+]1Cc1ccc(N)cc1. The Bertz CT molecular complexity index is 321. The number of nitrogen functional groups attached to an aromatic ring is 1. The van der Waals surface area contributed by atoms with Crippen LogP contribution in [0.25, 0.3) is 0 Å². The summed E-state index contributed by atoms with van der Waals surface area (Å²) in [6, 6.07) is 9.93. The van der Waals surface area contributed by atoms with E-state index in [4.69, 9.17) is 5.73 Å². The summed E-state index contributed by atoms with van der Waals surface area (Å²) in [6.45, 7) is 5.90. The van der Waals surface area contributed by atoms with Gasteiger partial charge in [-0.25, -0.2) is 0 Å². The Balaban J connectivity index is 2.04. The van der Waals surface area contributed by atoms with Crippen molar-refractivity contribution < 1.29 is 4.90 Å². The Morgan fingerprint density at radius 2 is 1.69 bits per heavy atom. The zero-order chi connectivity index (χ0) is 11.5. The summed E-state index contributed by atoms with van der Waals surface area (Å²) in [7, 11) is 0. The van der Waals surface area contributed by atoms with Gasteiger partial charge in [0.05, 0.1) is 12.1 Å². The smallest absolute Gasteiger partial charge is 0.103 e. The van der Waals surface area contributed by atoms with Crippen molar-refractivity contribution in [3.63, 3.8) is 0 Å². The van der Waals surface area contributed by atoms with E-state index in [0.29, 0.717) is 0 Å². The summed E-state index contributed by atoms with van der Waals surface area (Å²) >= 11 is 0. The lowest BCUT2D eigenvalue weighted by atomic mass is 9.97. The van der Waals surface area contributed by atoms with E-state index in [1.807, 2.05) is 12.1 Å². The first kappa shape index (κ1) is 11.5. The minimum atomic E-state index is 0.793. The molecule has 0 bridgehead atoms. The molecule has 3 N–H and O–H groups in total. The van der Waals surface area contributed by atoms with Gasteiger partial charge < -0.3 is 10.6 Å². The van der Waals surface area contributed by atoms with Crippen molar-refractivity contribution in [3.8, 4) is 0 Å². The van der Waals surface area contributed by atoms with Crippen molar-refractivity contribution in [2.75, 3.05) is 5.73 Å². The molecule has 0 saturated carbocycles. The van der Waals surface area contributed by atoms with E-state index in [2.05, 4.69) is 26.0 Å². The average Bonchev–Trinajstić information content (AvgIpc) is 2.26. The van der Waals surface area contributed by atoms with Crippen molar-refractivity contribution >= 4 is 5.69 Å². The molecule has 2 rings (SSSR count). The van der Waals surface area contributed by atoms with Gasteiger partial charge in [-0.1, -0.05) is 12.1 Å². The van der Waals surface area contributed by atoms with Crippen LogP contribution >= 0.6 is 0 Å². The van der Waals surface area contributed by atoms with E-state index >= 15 is 0 Å². The number of hydrogen-bond donors (Lipinski definition) is 2. The highest BCUT2D eigenvalue weighted by atomic mass is 15.2. The molecule has 16 heavy (non-hydrogen) atoms. The normalized spacial score (nSPS) is 30.2. The quantitative estimate of drug-likeness (QED) is 0.727. The first-order valence-corrected chi connectivity index (χ1v) is 6.37. The van der Waals surface area contributed by atoms with Crippen LogP contribution in [0.2, 0.25) is 0 Å². The van der Waals surface area contributed by atoms with E-state index < -0.39 is 0 Å². The van der Waals surface area contributed by atoms with Crippen LogP contribution in [0.1, 0.15) is 38.7 Å². The van der Waals surface area contributed by atoms with Gasteiger partial charge in [0.15, 0.2) is 0 Å². The molecule has 0 aromatic heterocycles. The highest BCUT2D eigenvalue weighted by Crippen LogP contribution is 2.10. The second-order valence-electron chi connectivity index (χ2n) is 5.23. The second kappa shape index (κ2) is 4.88. The molecule has 1 saturated heterocycles. The van der Waals surface area contributed by atoms with E-state index in [9.17, 15) is 0 Å². The monoisotopic (exact) mass is 219 g/mol. The van der Waals surface area contributed by atoms with Gasteiger partial charge >= 0.3 is 0 Å². The molecule has 1 fully saturated rings. The van der Waals surface area contributed by atoms with Gasteiger partial charge in [0, 0.05) is 11.3 Å². The standard InChI is InChI=1S/C14H22N2/c1-11-4-3-5-12(2)16(11)10-13-6-8-14(15)9-7-13/h6-9,11-12H,3-5,10,15H2,1-2H3/p+1/t11-,12+. The third-order valence-corrected chi connectivity index (χ3v) is 3.93. The molecular formula is C14H23N2+. The van der Waals surface area contributed by atoms with Gasteiger partial charge in [0.1, 0.15) is 6.54 Å². The third-order valence-electron chi connectivity index (χ3n) is 3.93. The fourth-order valence-electron chi connectivity index (χ4n) is 2.81. The summed E-state index contributed by atoms with van der Waals surface area (Å²) in [6.07, 6.45) is 4.14. The first-order chi connectivity index (χ1) is 7.66. The van der Waals surface area contributed by atoms with Gasteiger partial charge in [0.2, 0.25) is 0 Å². The van der Waals surface area contributed by atoms with E-state index in [1.54, 1.807) is 4.90 Å². The predicted molar refractivity (Wildman–Crippen MR) is 68.3 cm³/mol. The van der Waals surface area contributed by atoms with Gasteiger partial charge in [-0.15, -0.1) is 0 Å². The fraction of sp³-hybridized carbons (Fsp3) is 0.571. The Morgan fingerprint density at radius 1 is 1.12 bits per heavy atom. The number of anilines is 1. The molecular weight excluding hydrogens is 196 g/mol. The minimum Gasteiger partial charge on any atom is -0.399 e. The van der Waals surface area contributed by atoms with Crippen LogP contribution in [0.5, 0.6) is 0 Å². The lowest BCUT2D eigenvalue weighted by Crippen LogP contribution is -3.18. The average molecular weight is 219 g/mol. The van der Waals surface area contributed by atoms with Crippen molar-refractivity contribution in [3.05, 3.63) is 29.8 Å². The van der Waals surface area contributed by atoms with Crippen LogP contribution in [0.3, 0.4) is 0 Å². The molecule has 0 aliphatic carbocycles. The molecule has 1 aromatic carbocycles. The fourth-order valence-corrected chi connectivity index (χ4v) is 2.81. The topological polar surface area (TPSA) is 30.5 Å². The molecule has 1 aliphatic heterocycles. The number of piperidine rings is 1. The van der Waals surface area contributed by atoms with Crippen LogP contribution in [-0.2, 0) is 6.54 Å². The second-order valence-corrected chi connectivity index (χ2v) is 5.23. The lowest BCUT2D eigenvalue weighted by molar-refractivity contribution is -0.964. The molecule has 0 radical (unpaired) electrons. The number of nitrogens with one attached hydrogen (secondary N) is 1. The summed E-state index contributed by atoms with van der Waals surface area (Å²) in [5.41, 5.74) is 7.97. The maximum atomic E-state index is 5.71. The Kier molecular flexibility index (Phi) is 3.49. The largest absolute Gasteiger partial charge is 0.399 e. The first-order valence-electron chi connectivity index (χ1n) is 6.37. The lowest BCUT2D eigenvalue weighted by Gasteiger charge is -2.35. The number of hydrogen-bond acceptors (Lipinski definition) is 1. The van der Waals surface area contributed by atoms with Crippen molar-refractivity contribution in [2.45, 2.75) is 51.7 Å². The predicted octanol–water partition coefficient (Wildman–Crippen LogP) is 1.61. The summed E-state index contributed by atoms with van der Waals surface area (Å²) in [5.74, 6) is 0. The molecule has 2 nitrogen and oxygen atoms in total. The van der Waals surface area contributed by atoms with Crippen LogP contribution in [0, 0.1) is 0 Å². The number of likely N-dealkylation sites (tertiary alicyclic amines) is 1. The summed E-state index contributed by atoms with van der Waals surface area (Å²) < 4.78 is 0. The van der Waals surface area contributed by atoms with E-state index in [0.717, 1.165) is 24.3 Å². The molecule has 1 unspecified atom stereocenters. The van der Waals surface area contributed by atoms with Crippen molar-refractivity contribution in [2.24, 2.45) is 0 Å².